The number of carbonyl (C=O) groups excluding carboxylic acids is 9. The van der Waals surface area contributed by atoms with Gasteiger partial charge in [0.05, 0.1) is 55.7 Å². The third-order valence-corrected chi connectivity index (χ3v) is 19.3. The summed E-state index contributed by atoms with van der Waals surface area (Å²) in [7, 11) is 9.66. The smallest absolute Gasteiger partial charge is 0.307 e. The number of para-hydroxylation sites is 1. The molecule has 1 aliphatic carbocycles. The van der Waals surface area contributed by atoms with Gasteiger partial charge in [-0.15, -0.1) is 0 Å². The standard InChI is InChI=1S/C62H98N8O13S2/c1-12-41(6)56(50(80-10)37-52(74)69-31-21-24-47(69)57(81-11)42(7)59(76)65-46(61(78)70-32-19-20-33-82-70)36-43-38-64-45-23-16-15-22-44(43)45)68(9)62(79)54(39(2)3)66-60(77)55(40(4)5)67(8)30-18-14-13-17-29-63-51(73)27-34-84-85-35-28-53(75)83-58-48(71)25-26-49(58)72/h15-16,22-23,38-42,46-47,50,54-58,64H,12-14,17-21,24-37H2,1-11H3,(H,63,73)(H,65,76)(H,66,77)/t41-,42+,46-,47-,50+,54-,55-,56-,57+/m0/s1. The lowest BCUT2D eigenvalue weighted by Crippen LogP contribution is -2.60. The summed E-state index contributed by atoms with van der Waals surface area (Å²) in [5, 5.41) is 11.5. The quantitative estimate of drug-likeness (QED) is 0.0248. The van der Waals surface area contributed by atoms with Gasteiger partial charge in [-0.1, -0.05) is 108 Å². The van der Waals surface area contributed by atoms with Gasteiger partial charge in [0.2, 0.25) is 35.6 Å². The predicted molar refractivity (Wildman–Crippen MR) is 330 cm³/mol. The molecule has 4 N–H and O–H groups in total. The average Bonchev–Trinajstić information content (AvgIpc) is 3.31. The summed E-state index contributed by atoms with van der Waals surface area (Å²) in [4.78, 5) is 135. The summed E-state index contributed by atoms with van der Waals surface area (Å²) in [6.45, 7) is 16.1. The monoisotopic (exact) mass is 1230 g/mol. The highest BCUT2D eigenvalue weighted by Crippen LogP contribution is 2.31. The van der Waals surface area contributed by atoms with Crippen molar-refractivity contribution >= 4 is 85.5 Å². The average molecular weight is 1230 g/mol. The maximum Gasteiger partial charge on any atom is 0.307 e. The first-order valence-corrected chi connectivity index (χ1v) is 33.3. The molecular formula is C62H98N8O13S2. The number of benzene rings is 1. The second-order valence-corrected chi connectivity index (χ2v) is 26.5. The number of rotatable bonds is 36. The van der Waals surface area contributed by atoms with Gasteiger partial charge in [-0.3, -0.25) is 52.9 Å². The number of amides is 6. The normalized spacial score (nSPS) is 18.7. The van der Waals surface area contributed by atoms with Crippen molar-refractivity contribution in [1.29, 1.82) is 0 Å². The fourth-order valence-corrected chi connectivity index (χ4v) is 13.9. The highest BCUT2D eigenvalue weighted by Gasteiger charge is 2.44. The van der Waals surface area contributed by atoms with Crippen LogP contribution in [0, 0.1) is 23.7 Å². The Bertz CT molecular complexity index is 2510. The molecule has 6 amide bonds. The number of H-pyrrole nitrogens is 1. The number of ether oxygens (including phenoxy) is 3. The van der Waals surface area contributed by atoms with Gasteiger partial charge in [0, 0.05) is 95.2 Å². The number of nitrogens with one attached hydrogen (secondary N) is 4. The second-order valence-electron chi connectivity index (χ2n) is 23.8. The van der Waals surface area contributed by atoms with Crippen LogP contribution in [0.4, 0.5) is 0 Å². The van der Waals surface area contributed by atoms with Crippen LogP contribution in [-0.4, -0.2) is 199 Å². The maximum absolute atomic E-state index is 14.8. The molecule has 5 rings (SSSR count). The predicted octanol–water partition coefficient (Wildman–Crippen LogP) is 6.45. The molecule has 1 aromatic heterocycles. The number of ketones is 2. The number of nitrogens with zero attached hydrogens (tertiary/aromatic N) is 4. The van der Waals surface area contributed by atoms with Crippen molar-refractivity contribution in [2.24, 2.45) is 23.7 Å². The van der Waals surface area contributed by atoms with E-state index in [1.807, 2.05) is 84.0 Å². The lowest BCUT2D eigenvalue weighted by Gasteiger charge is -2.41. The molecule has 2 aromatic rings. The van der Waals surface area contributed by atoms with Crippen LogP contribution in [0.25, 0.3) is 10.9 Å². The van der Waals surface area contributed by atoms with E-state index in [0.717, 1.165) is 55.0 Å². The van der Waals surface area contributed by atoms with Crippen LogP contribution in [0.15, 0.2) is 30.5 Å². The summed E-state index contributed by atoms with van der Waals surface area (Å²) in [5.74, 6) is -2.89. The number of methoxy groups -OCH3 is 2. The van der Waals surface area contributed by atoms with Gasteiger partial charge < -0.3 is 44.9 Å². The number of hydroxylamine groups is 2. The van der Waals surface area contributed by atoms with Gasteiger partial charge in [-0.25, -0.2) is 5.06 Å². The van der Waals surface area contributed by atoms with E-state index in [-0.39, 0.29) is 96.9 Å². The number of aromatic amines is 1. The van der Waals surface area contributed by atoms with Crippen molar-refractivity contribution in [3.05, 3.63) is 36.0 Å². The van der Waals surface area contributed by atoms with Gasteiger partial charge in [0.1, 0.15) is 12.1 Å². The Balaban J connectivity index is 1.10. The Morgan fingerprint density at radius 1 is 0.824 bits per heavy atom. The van der Waals surface area contributed by atoms with Crippen LogP contribution in [0.2, 0.25) is 0 Å². The summed E-state index contributed by atoms with van der Waals surface area (Å²) < 4.78 is 17.3. The molecule has 0 bridgehead atoms. The van der Waals surface area contributed by atoms with E-state index in [9.17, 15) is 43.2 Å². The highest BCUT2D eigenvalue weighted by molar-refractivity contribution is 8.76. The Kier molecular flexibility index (Phi) is 29.7. The fourth-order valence-electron chi connectivity index (χ4n) is 11.9. The number of Topliss-reactive ketones (excluding diaryl/α,β-unsaturated/α-hetero) is 2. The molecule has 3 aliphatic rings. The Labute approximate surface area is 511 Å². The summed E-state index contributed by atoms with van der Waals surface area (Å²) in [5.41, 5.74) is 1.81. The van der Waals surface area contributed by atoms with Crippen LogP contribution >= 0.6 is 21.6 Å². The molecule has 23 heteroatoms. The maximum atomic E-state index is 14.8. The molecule has 0 radical (unpaired) electrons. The minimum absolute atomic E-state index is 0.0388. The SMILES string of the molecule is CC[C@H](C)[C@@H]([C@@H](CC(=O)N1CCC[C@H]1[C@H](OC)[C@@H](C)C(=O)N[C@@H](Cc1c[nH]c2ccccc12)C(=O)N1CCCCO1)OC)N(C)C(=O)[C@@H](NC(=O)[C@H](C(C)C)N(C)CCCCCCNC(=O)CCSSCCC(=O)OC1C(=O)CCC1=O)C(C)C. The van der Waals surface area contributed by atoms with Gasteiger partial charge in [0.15, 0.2) is 11.6 Å². The lowest BCUT2D eigenvalue weighted by molar-refractivity contribution is -0.199. The van der Waals surface area contributed by atoms with E-state index in [2.05, 4.69) is 20.9 Å². The molecule has 2 saturated heterocycles. The van der Waals surface area contributed by atoms with Crippen LogP contribution < -0.4 is 16.0 Å². The minimum atomic E-state index is -1.25. The van der Waals surface area contributed by atoms with E-state index in [1.165, 1.54) is 26.7 Å². The van der Waals surface area contributed by atoms with Crippen molar-refractivity contribution in [2.75, 3.05) is 72.6 Å². The molecule has 1 aromatic carbocycles. The zero-order valence-electron chi connectivity index (χ0n) is 52.3. The molecule has 2 aliphatic heterocycles. The zero-order valence-corrected chi connectivity index (χ0v) is 53.9. The third-order valence-electron chi connectivity index (χ3n) is 16.9. The second kappa shape index (κ2) is 35.7. The number of hydrogen-bond donors (Lipinski definition) is 4. The number of fused-ring (bicyclic) bond motifs is 1. The lowest BCUT2D eigenvalue weighted by atomic mass is 9.89. The minimum Gasteiger partial charge on any atom is -0.446 e. The molecule has 85 heavy (non-hydrogen) atoms. The van der Waals surface area contributed by atoms with Gasteiger partial charge in [-0.2, -0.15) is 0 Å². The van der Waals surface area contributed by atoms with Crippen LogP contribution in [0.3, 0.4) is 0 Å². The van der Waals surface area contributed by atoms with E-state index in [0.29, 0.717) is 70.0 Å². The van der Waals surface area contributed by atoms with Crippen LogP contribution in [0.1, 0.15) is 144 Å². The number of unbranched alkanes of at least 4 members (excludes halogenated alkanes) is 3. The highest BCUT2D eigenvalue weighted by atomic mass is 33.1. The number of esters is 1. The first-order chi connectivity index (χ1) is 40.6. The zero-order chi connectivity index (χ0) is 62.3. The first kappa shape index (κ1) is 70.7. The van der Waals surface area contributed by atoms with Crippen LogP contribution in [0.5, 0.6) is 0 Å². The first-order valence-electron chi connectivity index (χ1n) is 30.8. The molecule has 9 atom stereocenters. The molecule has 1 saturated carbocycles. The number of hydrogen-bond acceptors (Lipinski definition) is 16. The molecule has 0 spiro atoms. The van der Waals surface area contributed by atoms with E-state index >= 15 is 0 Å². The Morgan fingerprint density at radius 3 is 2.16 bits per heavy atom. The van der Waals surface area contributed by atoms with E-state index in [4.69, 9.17) is 19.0 Å². The van der Waals surface area contributed by atoms with Crippen molar-refractivity contribution < 1.29 is 62.2 Å². The van der Waals surface area contributed by atoms with Crippen LogP contribution in [-0.2, 0) is 68.6 Å². The van der Waals surface area contributed by atoms with E-state index in [1.54, 1.807) is 38.0 Å². The summed E-state index contributed by atoms with van der Waals surface area (Å²) in [6, 6.07) is 4.55. The van der Waals surface area contributed by atoms with Crippen molar-refractivity contribution in [3.8, 4) is 0 Å². The summed E-state index contributed by atoms with van der Waals surface area (Å²) >= 11 is 0. The summed E-state index contributed by atoms with van der Waals surface area (Å²) in [6.07, 6.45) is 7.12. The number of carbonyl (C=O) groups is 9. The number of aromatic nitrogens is 1. The Hall–Kier alpha value is -5.07. The van der Waals surface area contributed by atoms with Gasteiger partial charge in [-0.05, 0) is 81.5 Å². The fraction of sp³-hybridized carbons (Fsp3) is 0.726. The van der Waals surface area contributed by atoms with Gasteiger partial charge in [0.25, 0.3) is 5.91 Å². The van der Waals surface area contributed by atoms with Crippen molar-refractivity contribution in [3.63, 3.8) is 0 Å². The molecular weight excluding hydrogens is 1130 g/mol. The molecule has 21 nitrogen and oxygen atoms in total. The molecule has 0 unspecified atom stereocenters. The van der Waals surface area contributed by atoms with Crippen molar-refractivity contribution in [1.82, 2.24) is 40.7 Å². The number of likely N-dealkylation sites (N-methyl/N-ethyl adjacent to an activating group) is 2. The number of likely N-dealkylation sites (tertiary alicyclic amines) is 1. The molecule has 3 heterocycles. The third kappa shape index (κ3) is 20.5. The molecule has 3 fully saturated rings. The van der Waals surface area contributed by atoms with E-state index < -0.39 is 60.4 Å². The topological polar surface area (TPSA) is 255 Å². The van der Waals surface area contributed by atoms with Crippen molar-refractivity contribution in [2.45, 2.75) is 193 Å². The van der Waals surface area contributed by atoms with Gasteiger partial charge >= 0.3 is 5.97 Å². The molecule has 476 valence electrons. The largest absolute Gasteiger partial charge is 0.446 e. The Morgan fingerprint density at radius 2 is 1.52 bits per heavy atom.